The summed E-state index contributed by atoms with van der Waals surface area (Å²) in [7, 11) is 0. The van der Waals surface area contributed by atoms with Crippen LogP contribution < -0.4 is 15.4 Å². The Kier molecular flexibility index (Phi) is 7.33. The molecule has 1 aromatic rings. The van der Waals surface area contributed by atoms with E-state index in [0.29, 0.717) is 12.5 Å². The third-order valence-corrected chi connectivity index (χ3v) is 4.54. The fraction of sp³-hybridized carbons (Fsp3) is 0.565. The summed E-state index contributed by atoms with van der Waals surface area (Å²) in [4.78, 5) is 24.5. The highest BCUT2D eigenvalue weighted by Crippen LogP contribution is 2.39. The molecular weight excluding hydrogens is 368 g/mol. The highest BCUT2D eigenvalue weighted by Gasteiger charge is 2.42. The zero-order valence-corrected chi connectivity index (χ0v) is 18.4. The van der Waals surface area contributed by atoms with Crippen LogP contribution in [0, 0.1) is 5.92 Å². The fourth-order valence-corrected chi connectivity index (χ4v) is 3.04. The minimum Gasteiger partial charge on any atom is -0.491 e. The number of hydrogen-bond donors (Lipinski definition) is 2. The average molecular weight is 403 g/mol. The van der Waals surface area contributed by atoms with Crippen molar-refractivity contribution in [3.8, 4) is 5.75 Å². The molecule has 1 atom stereocenters. The molecule has 1 aromatic carbocycles. The van der Waals surface area contributed by atoms with E-state index in [1.165, 1.54) is 6.08 Å². The molecule has 6 heteroatoms. The van der Waals surface area contributed by atoms with E-state index in [-0.39, 0.29) is 12.0 Å². The number of amides is 2. The lowest BCUT2D eigenvalue weighted by Gasteiger charge is -2.31. The van der Waals surface area contributed by atoms with Crippen LogP contribution in [0.5, 0.6) is 5.75 Å². The van der Waals surface area contributed by atoms with Crippen molar-refractivity contribution in [3.05, 3.63) is 35.9 Å². The van der Waals surface area contributed by atoms with Crippen LogP contribution >= 0.6 is 0 Å². The highest BCUT2D eigenvalue weighted by atomic mass is 16.6. The Labute approximate surface area is 174 Å². The molecule has 0 heterocycles. The Morgan fingerprint density at radius 3 is 2.48 bits per heavy atom. The lowest BCUT2D eigenvalue weighted by molar-refractivity contribution is -0.118. The van der Waals surface area contributed by atoms with Crippen molar-refractivity contribution in [2.75, 3.05) is 6.54 Å². The normalized spacial score (nSPS) is 16.4. The third kappa shape index (κ3) is 8.18. The van der Waals surface area contributed by atoms with Crippen molar-refractivity contribution in [1.82, 2.24) is 10.6 Å². The monoisotopic (exact) mass is 402 g/mol. The van der Waals surface area contributed by atoms with Gasteiger partial charge in [-0.3, -0.25) is 4.79 Å². The Bertz CT molecular complexity index is 747. The van der Waals surface area contributed by atoms with Crippen LogP contribution in [0.15, 0.2) is 30.3 Å². The molecular formula is C23H34N2O4. The number of nitrogens with one attached hydrogen (secondary N) is 2. The van der Waals surface area contributed by atoms with Gasteiger partial charge >= 0.3 is 6.09 Å². The number of ether oxygens (including phenoxy) is 2. The van der Waals surface area contributed by atoms with Crippen molar-refractivity contribution in [2.45, 2.75) is 71.6 Å². The molecule has 0 aromatic heterocycles. The van der Waals surface area contributed by atoms with E-state index in [2.05, 4.69) is 10.6 Å². The van der Waals surface area contributed by atoms with E-state index in [9.17, 15) is 9.59 Å². The van der Waals surface area contributed by atoms with Crippen molar-refractivity contribution in [1.29, 1.82) is 0 Å². The molecule has 0 spiro atoms. The van der Waals surface area contributed by atoms with Crippen LogP contribution in [0.1, 0.15) is 59.9 Å². The van der Waals surface area contributed by atoms with Gasteiger partial charge in [-0.1, -0.05) is 12.1 Å². The largest absolute Gasteiger partial charge is 0.491 e. The zero-order valence-electron chi connectivity index (χ0n) is 18.4. The number of carbonyl (C=O) groups is 2. The minimum atomic E-state index is -0.556. The molecule has 2 N–H and O–H groups in total. The summed E-state index contributed by atoms with van der Waals surface area (Å²) in [6.07, 6.45) is 4.96. The summed E-state index contributed by atoms with van der Waals surface area (Å²) in [5.74, 6) is 0.921. The van der Waals surface area contributed by atoms with Crippen LogP contribution in [-0.4, -0.2) is 35.8 Å². The second-order valence-electron chi connectivity index (χ2n) is 9.11. The fourth-order valence-electron chi connectivity index (χ4n) is 3.04. The molecule has 1 saturated carbocycles. The summed E-state index contributed by atoms with van der Waals surface area (Å²) in [5.41, 5.74) is -0.181. The maximum absolute atomic E-state index is 12.5. The van der Waals surface area contributed by atoms with Crippen LogP contribution in [0.4, 0.5) is 4.79 Å². The van der Waals surface area contributed by atoms with E-state index in [1.807, 2.05) is 65.8 Å². The average Bonchev–Trinajstić information content (AvgIpc) is 3.42. The van der Waals surface area contributed by atoms with Crippen molar-refractivity contribution < 1.29 is 19.1 Å². The number of rotatable bonds is 8. The molecule has 160 valence electrons. The first-order chi connectivity index (χ1) is 13.5. The second-order valence-corrected chi connectivity index (χ2v) is 9.11. The number of alkyl carbamates (subject to hydrolysis) is 1. The predicted molar refractivity (Wildman–Crippen MR) is 115 cm³/mol. The first-order valence-electron chi connectivity index (χ1n) is 10.2. The second kappa shape index (κ2) is 9.33. The minimum absolute atomic E-state index is 0.0919. The van der Waals surface area contributed by atoms with E-state index < -0.39 is 17.2 Å². The van der Waals surface area contributed by atoms with Crippen LogP contribution in [0.3, 0.4) is 0 Å². The summed E-state index contributed by atoms with van der Waals surface area (Å²) < 4.78 is 11.0. The quantitative estimate of drug-likeness (QED) is 0.636. The van der Waals surface area contributed by atoms with Gasteiger partial charge in [0, 0.05) is 12.6 Å². The maximum Gasteiger partial charge on any atom is 0.407 e. The van der Waals surface area contributed by atoms with E-state index in [0.717, 1.165) is 24.2 Å². The summed E-state index contributed by atoms with van der Waals surface area (Å²) in [6, 6.07) is 7.60. The van der Waals surface area contributed by atoms with Gasteiger partial charge in [-0.2, -0.15) is 0 Å². The van der Waals surface area contributed by atoms with Gasteiger partial charge < -0.3 is 20.1 Å². The van der Waals surface area contributed by atoms with Crippen LogP contribution in [-0.2, 0) is 9.53 Å². The molecule has 2 rings (SSSR count). The summed E-state index contributed by atoms with van der Waals surface area (Å²) in [5, 5.41) is 5.85. The van der Waals surface area contributed by atoms with Gasteiger partial charge in [-0.25, -0.2) is 4.79 Å². The molecule has 0 bridgehead atoms. The maximum atomic E-state index is 12.5. The van der Waals surface area contributed by atoms with Crippen molar-refractivity contribution in [3.63, 3.8) is 0 Å². The Hall–Kier alpha value is -2.50. The van der Waals surface area contributed by atoms with Gasteiger partial charge in [0.05, 0.1) is 11.6 Å². The molecule has 2 amide bonds. The third-order valence-electron chi connectivity index (χ3n) is 4.54. The Balaban J connectivity index is 1.95. The van der Waals surface area contributed by atoms with Gasteiger partial charge in [0.25, 0.3) is 0 Å². The first-order valence-corrected chi connectivity index (χ1v) is 10.2. The van der Waals surface area contributed by atoms with Crippen molar-refractivity contribution in [2.24, 2.45) is 5.92 Å². The SMILES string of the molecule is CC(C)Oc1cccc(/C=C/C(=O)NC(C)(CNC(=O)OC(C)(C)C)C2CC2)c1. The molecule has 0 radical (unpaired) electrons. The topological polar surface area (TPSA) is 76.7 Å². The van der Waals surface area contributed by atoms with Crippen molar-refractivity contribution >= 4 is 18.1 Å². The summed E-state index contributed by atoms with van der Waals surface area (Å²) >= 11 is 0. The molecule has 6 nitrogen and oxygen atoms in total. The molecule has 29 heavy (non-hydrogen) atoms. The highest BCUT2D eigenvalue weighted by molar-refractivity contribution is 5.92. The van der Waals surface area contributed by atoms with Gasteiger partial charge in [-0.05, 0) is 84.1 Å². The lowest BCUT2D eigenvalue weighted by atomic mass is 9.95. The molecule has 1 unspecified atom stereocenters. The van der Waals surface area contributed by atoms with Gasteiger partial charge in [0.2, 0.25) is 5.91 Å². The van der Waals surface area contributed by atoms with Crippen LogP contribution in [0.2, 0.25) is 0 Å². The van der Waals surface area contributed by atoms with Crippen LogP contribution in [0.25, 0.3) is 6.08 Å². The van der Waals surface area contributed by atoms with Gasteiger partial charge in [0.15, 0.2) is 0 Å². The van der Waals surface area contributed by atoms with Gasteiger partial charge in [0.1, 0.15) is 11.4 Å². The number of hydrogen-bond acceptors (Lipinski definition) is 4. The summed E-state index contributed by atoms with van der Waals surface area (Å²) in [6.45, 7) is 11.7. The predicted octanol–water partition coefficient (Wildman–Crippen LogP) is 4.30. The first kappa shape index (κ1) is 22.8. The van der Waals surface area contributed by atoms with E-state index in [1.54, 1.807) is 6.08 Å². The molecule has 0 saturated heterocycles. The Morgan fingerprint density at radius 2 is 1.90 bits per heavy atom. The number of carbonyl (C=O) groups excluding carboxylic acids is 2. The zero-order chi connectivity index (χ0) is 21.7. The molecule has 1 aliphatic carbocycles. The van der Waals surface area contributed by atoms with Gasteiger partial charge in [-0.15, -0.1) is 0 Å². The lowest BCUT2D eigenvalue weighted by Crippen LogP contribution is -2.55. The Morgan fingerprint density at radius 1 is 1.21 bits per heavy atom. The van der Waals surface area contributed by atoms with E-state index in [4.69, 9.17) is 9.47 Å². The van der Waals surface area contributed by atoms with E-state index >= 15 is 0 Å². The molecule has 0 aliphatic heterocycles. The molecule has 1 aliphatic rings. The standard InChI is InChI=1S/C23H34N2O4/c1-16(2)28-19-9-7-8-17(14-19)10-13-20(26)25-23(6,18-11-12-18)15-24-21(27)29-22(3,4)5/h7-10,13-14,16,18H,11-12,15H2,1-6H3,(H,24,27)(H,25,26)/b13-10+. The molecule has 1 fully saturated rings. The smallest absolute Gasteiger partial charge is 0.407 e. The number of benzene rings is 1.